The molecule has 0 aromatic carbocycles. The van der Waals surface area contributed by atoms with Gasteiger partial charge >= 0.3 is 0 Å². The Bertz CT molecular complexity index is 336. The van der Waals surface area contributed by atoms with Crippen LogP contribution < -0.4 is 5.32 Å². The minimum atomic E-state index is -0.169. The molecule has 16 heavy (non-hydrogen) atoms. The normalized spacial score (nSPS) is 16.2. The van der Waals surface area contributed by atoms with Crippen molar-refractivity contribution in [1.29, 1.82) is 0 Å². The highest BCUT2D eigenvalue weighted by atomic mass is 16.7. The highest BCUT2D eigenvalue weighted by Crippen LogP contribution is 2.06. The first-order valence-corrected chi connectivity index (χ1v) is 5.28. The maximum atomic E-state index is 11.6. The van der Waals surface area contributed by atoms with Gasteiger partial charge in [0.2, 0.25) is 0 Å². The number of hydrogen-bond donors (Lipinski definition) is 1. The molecule has 0 unspecified atom stereocenters. The zero-order valence-corrected chi connectivity index (χ0v) is 8.89. The number of ether oxygens (including phenoxy) is 2. The van der Waals surface area contributed by atoms with Crippen LogP contribution in [0, 0.1) is 0 Å². The van der Waals surface area contributed by atoms with E-state index < -0.39 is 0 Å². The summed E-state index contributed by atoms with van der Waals surface area (Å²) >= 11 is 0. The molecular formula is C11H14N2O3. The van der Waals surface area contributed by atoms with Crippen LogP contribution in [0.5, 0.6) is 0 Å². The van der Waals surface area contributed by atoms with E-state index in [1.807, 2.05) is 0 Å². The summed E-state index contributed by atoms with van der Waals surface area (Å²) in [7, 11) is 0. The van der Waals surface area contributed by atoms with Gasteiger partial charge in [-0.2, -0.15) is 0 Å². The summed E-state index contributed by atoms with van der Waals surface area (Å²) < 4.78 is 10.5. The Hall–Kier alpha value is -1.46. The first-order chi connectivity index (χ1) is 7.86. The minimum absolute atomic E-state index is 0.0969. The van der Waals surface area contributed by atoms with E-state index in [1.54, 1.807) is 24.5 Å². The molecule has 1 saturated heterocycles. The van der Waals surface area contributed by atoms with Crippen molar-refractivity contribution in [1.82, 2.24) is 10.3 Å². The number of aromatic nitrogens is 1. The zero-order chi connectivity index (χ0) is 11.2. The van der Waals surface area contributed by atoms with Gasteiger partial charge in [-0.25, -0.2) is 0 Å². The molecule has 1 aromatic heterocycles. The van der Waals surface area contributed by atoms with E-state index >= 15 is 0 Å². The zero-order valence-electron chi connectivity index (χ0n) is 8.89. The van der Waals surface area contributed by atoms with Crippen LogP contribution in [0.25, 0.3) is 0 Å². The second-order valence-corrected chi connectivity index (χ2v) is 3.45. The van der Waals surface area contributed by atoms with Gasteiger partial charge in [0.25, 0.3) is 5.91 Å². The smallest absolute Gasteiger partial charge is 0.251 e. The van der Waals surface area contributed by atoms with Gasteiger partial charge in [-0.05, 0) is 12.1 Å². The van der Waals surface area contributed by atoms with Gasteiger partial charge in [0.15, 0.2) is 6.29 Å². The van der Waals surface area contributed by atoms with Gasteiger partial charge in [0, 0.05) is 30.9 Å². The summed E-state index contributed by atoms with van der Waals surface area (Å²) in [5.74, 6) is -0.0969. The van der Waals surface area contributed by atoms with Crippen LogP contribution in [-0.4, -0.2) is 36.9 Å². The van der Waals surface area contributed by atoms with Crippen LogP contribution >= 0.6 is 0 Å². The summed E-state index contributed by atoms with van der Waals surface area (Å²) in [5, 5.41) is 2.80. The summed E-state index contributed by atoms with van der Waals surface area (Å²) in [6.45, 7) is 1.83. The lowest BCUT2D eigenvalue weighted by Gasteiger charge is -2.09. The molecule has 0 aliphatic carbocycles. The van der Waals surface area contributed by atoms with Crippen LogP contribution in [-0.2, 0) is 9.47 Å². The molecule has 1 N–H and O–H groups in total. The number of nitrogens with zero attached hydrogens (tertiary/aromatic N) is 1. The average molecular weight is 222 g/mol. The van der Waals surface area contributed by atoms with E-state index in [9.17, 15) is 4.79 Å². The monoisotopic (exact) mass is 222 g/mol. The van der Waals surface area contributed by atoms with Gasteiger partial charge in [0.1, 0.15) is 0 Å². The third-order valence-corrected chi connectivity index (χ3v) is 2.30. The predicted molar refractivity (Wildman–Crippen MR) is 56.9 cm³/mol. The Morgan fingerprint density at radius 2 is 2.06 bits per heavy atom. The lowest BCUT2D eigenvalue weighted by atomic mass is 10.2. The maximum absolute atomic E-state index is 11.6. The summed E-state index contributed by atoms with van der Waals surface area (Å²) in [6, 6.07) is 3.36. The Morgan fingerprint density at radius 3 is 2.75 bits per heavy atom. The van der Waals surface area contributed by atoms with Crippen molar-refractivity contribution in [2.24, 2.45) is 0 Å². The molecule has 1 aromatic rings. The highest BCUT2D eigenvalue weighted by molar-refractivity contribution is 5.93. The number of pyridine rings is 1. The lowest BCUT2D eigenvalue weighted by Crippen LogP contribution is -2.27. The van der Waals surface area contributed by atoms with Gasteiger partial charge in [-0.1, -0.05) is 0 Å². The molecule has 1 aliphatic heterocycles. The topological polar surface area (TPSA) is 60.5 Å². The molecule has 0 spiro atoms. The van der Waals surface area contributed by atoms with E-state index in [-0.39, 0.29) is 12.2 Å². The number of nitrogens with one attached hydrogen (secondary N) is 1. The van der Waals surface area contributed by atoms with Crippen LogP contribution in [0.15, 0.2) is 24.5 Å². The number of amides is 1. The van der Waals surface area contributed by atoms with E-state index in [4.69, 9.17) is 9.47 Å². The third-order valence-electron chi connectivity index (χ3n) is 2.30. The number of carbonyl (C=O) groups is 1. The van der Waals surface area contributed by atoms with Crippen molar-refractivity contribution in [3.63, 3.8) is 0 Å². The first-order valence-electron chi connectivity index (χ1n) is 5.28. The standard InChI is InChI=1S/C11H14N2O3/c14-11(9-1-4-12-5-2-9)13-6-3-10-15-7-8-16-10/h1-2,4-5,10H,3,6-8H2,(H,13,14). The highest BCUT2D eigenvalue weighted by Gasteiger charge is 2.15. The summed E-state index contributed by atoms with van der Waals surface area (Å²) in [6.07, 6.45) is 3.70. The SMILES string of the molecule is O=C(NCCC1OCCO1)c1ccncc1. The van der Waals surface area contributed by atoms with Gasteiger partial charge in [0.05, 0.1) is 13.2 Å². The van der Waals surface area contributed by atoms with Crippen molar-refractivity contribution < 1.29 is 14.3 Å². The average Bonchev–Trinajstić information content (AvgIpc) is 2.83. The predicted octanol–water partition coefficient (Wildman–Crippen LogP) is 0.574. The quantitative estimate of drug-likeness (QED) is 0.809. The third kappa shape index (κ3) is 3.01. The van der Waals surface area contributed by atoms with Crippen LogP contribution in [0.1, 0.15) is 16.8 Å². The summed E-state index contributed by atoms with van der Waals surface area (Å²) in [4.78, 5) is 15.4. The van der Waals surface area contributed by atoms with Gasteiger partial charge in [-0.3, -0.25) is 9.78 Å². The molecule has 1 fully saturated rings. The Morgan fingerprint density at radius 1 is 1.38 bits per heavy atom. The largest absolute Gasteiger partial charge is 0.352 e. The minimum Gasteiger partial charge on any atom is -0.352 e. The van der Waals surface area contributed by atoms with Crippen molar-refractivity contribution in [2.45, 2.75) is 12.7 Å². The molecule has 86 valence electrons. The number of rotatable bonds is 4. The second-order valence-electron chi connectivity index (χ2n) is 3.45. The fraction of sp³-hybridized carbons (Fsp3) is 0.455. The van der Waals surface area contributed by atoms with Gasteiger partial charge < -0.3 is 14.8 Å². The molecule has 0 radical (unpaired) electrons. The van der Waals surface area contributed by atoms with Crippen LogP contribution in [0.2, 0.25) is 0 Å². The van der Waals surface area contributed by atoms with Crippen molar-refractivity contribution in [3.05, 3.63) is 30.1 Å². The molecule has 0 atom stereocenters. The van der Waals surface area contributed by atoms with Crippen LogP contribution in [0.3, 0.4) is 0 Å². The Kier molecular flexibility index (Phi) is 3.85. The molecule has 0 bridgehead atoms. The Labute approximate surface area is 93.8 Å². The first kappa shape index (κ1) is 11.0. The van der Waals surface area contributed by atoms with Gasteiger partial charge in [-0.15, -0.1) is 0 Å². The van der Waals surface area contributed by atoms with Crippen molar-refractivity contribution >= 4 is 5.91 Å². The fourth-order valence-electron chi connectivity index (χ4n) is 1.48. The number of carbonyl (C=O) groups excluding carboxylic acids is 1. The lowest BCUT2D eigenvalue weighted by molar-refractivity contribution is -0.0455. The second kappa shape index (κ2) is 5.58. The molecule has 2 rings (SSSR count). The molecule has 1 aliphatic rings. The maximum Gasteiger partial charge on any atom is 0.251 e. The molecule has 5 heteroatoms. The fourth-order valence-corrected chi connectivity index (χ4v) is 1.48. The van der Waals surface area contributed by atoms with E-state index in [2.05, 4.69) is 10.3 Å². The molecule has 0 saturated carbocycles. The van der Waals surface area contributed by atoms with Crippen molar-refractivity contribution in [3.8, 4) is 0 Å². The molecule has 2 heterocycles. The molecular weight excluding hydrogens is 208 g/mol. The Balaban J connectivity index is 1.71. The van der Waals surface area contributed by atoms with Crippen molar-refractivity contribution in [2.75, 3.05) is 19.8 Å². The van der Waals surface area contributed by atoms with E-state index in [0.29, 0.717) is 31.7 Å². The molecule has 1 amide bonds. The van der Waals surface area contributed by atoms with Crippen LogP contribution in [0.4, 0.5) is 0 Å². The molecule has 5 nitrogen and oxygen atoms in total. The van der Waals surface area contributed by atoms with E-state index in [0.717, 1.165) is 0 Å². The number of hydrogen-bond acceptors (Lipinski definition) is 4. The summed E-state index contributed by atoms with van der Waals surface area (Å²) in [5.41, 5.74) is 0.614. The van der Waals surface area contributed by atoms with E-state index in [1.165, 1.54) is 0 Å².